The number of carbonyl (C=O) groups excluding carboxylic acids is 2. The summed E-state index contributed by atoms with van der Waals surface area (Å²) in [6.07, 6.45) is 8.89. The molecule has 0 bridgehead atoms. The predicted molar refractivity (Wildman–Crippen MR) is 93.8 cm³/mol. The van der Waals surface area contributed by atoms with Gasteiger partial charge in [0.05, 0.1) is 0 Å². The van der Waals surface area contributed by atoms with Crippen LogP contribution < -0.4 is 10.6 Å². The predicted octanol–water partition coefficient (Wildman–Crippen LogP) is 3.01. The van der Waals surface area contributed by atoms with Crippen LogP contribution in [0.25, 0.3) is 0 Å². The van der Waals surface area contributed by atoms with Crippen LogP contribution in [0.3, 0.4) is 0 Å². The number of hydrogen-bond donors (Lipinski definition) is 2. The quantitative estimate of drug-likeness (QED) is 0.462. The van der Waals surface area contributed by atoms with Crippen molar-refractivity contribution in [1.82, 2.24) is 10.6 Å². The molecule has 0 fully saturated rings. The molecule has 0 saturated carbocycles. The summed E-state index contributed by atoms with van der Waals surface area (Å²) >= 11 is 0. The van der Waals surface area contributed by atoms with Crippen molar-refractivity contribution in [3.05, 3.63) is 47.5 Å². The van der Waals surface area contributed by atoms with Crippen molar-refractivity contribution in [3.63, 3.8) is 0 Å². The zero-order valence-corrected chi connectivity index (χ0v) is 14.3. The fourth-order valence-electron chi connectivity index (χ4n) is 1.32. The lowest BCUT2D eigenvalue weighted by Gasteiger charge is -1.95. The molecular formula is C18H30N2O2. The number of benzene rings is 1. The lowest BCUT2D eigenvalue weighted by molar-refractivity contribution is -0.110. The van der Waals surface area contributed by atoms with Crippen LogP contribution in [0.1, 0.15) is 37.8 Å². The van der Waals surface area contributed by atoms with Gasteiger partial charge in [0, 0.05) is 13.6 Å². The molecule has 0 radical (unpaired) electrons. The van der Waals surface area contributed by atoms with Crippen molar-refractivity contribution in [2.75, 3.05) is 13.6 Å². The van der Waals surface area contributed by atoms with Gasteiger partial charge in [-0.05, 0) is 32.3 Å². The molecule has 2 N–H and O–H groups in total. The summed E-state index contributed by atoms with van der Waals surface area (Å²) in [5, 5.41) is 4.82. The minimum atomic E-state index is 0.625. The molecule has 0 atom stereocenters. The molecule has 4 heteroatoms. The largest absolute Gasteiger partial charge is 0.362 e. The second-order valence-electron chi connectivity index (χ2n) is 4.59. The van der Waals surface area contributed by atoms with Crippen LogP contribution in [-0.2, 0) is 16.0 Å². The number of amides is 2. The molecule has 2 amide bonds. The van der Waals surface area contributed by atoms with E-state index in [4.69, 9.17) is 4.79 Å². The number of hydrogen-bond acceptors (Lipinski definition) is 2. The first-order valence-corrected chi connectivity index (χ1v) is 7.60. The van der Waals surface area contributed by atoms with E-state index in [1.54, 1.807) is 7.05 Å². The van der Waals surface area contributed by atoms with Gasteiger partial charge in [-0.3, -0.25) is 9.59 Å². The molecule has 1 aromatic rings. The molecule has 0 aliphatic carbocycles. The van der Waals surface area contributed by atoms with Gasteiger partial charge in [-0.25, -0.2) is 0 Å². The molecule has 0 saturated heterocycles. The smallest absolute Gasteiger partial charge is 0.207 e. The van der Waals surface area contributed by atoms with E-state index in [0.717, 1.165) is 32.2 Å². The molecule has 0 unspecified atom stereocenters. The van der Waals surface area contributed by atoms with E-state index in [-0.39, 0.29) is 0 Å². The summed E-state index contributed by atoms with van der Waals surface area (Å²) < 4.78 is 0. The maximum Gasteiger partial charge on any atom is 0.207 e. The molecule has 0 aromatic heterocycles. The van der Waals surface area contributed by atoms with Crippen molar-refractivity contribution >= 4 is 12.8 Å². The first kappa shape index (κ1) is 22.2. The van der Waals surface area contributed by atoms with E-state index >= 15 is 0 Å². The average Bonchev–Trinajstić information content (AvgIpc) is 2.56. The van der Waals surface area contributed by atoms with Gasteiger partial charge in [-0.1, -0.05) is 55.3 Å². The highest BCUT2D eigenvalue weighted by Gasteiger charge is 1.87. The summed E-state index contributed by atoms with van der Waals surface area (Å²) in [6, 6.07) is 8.66. The monoisotopic (exact) mass is 306 g/mol. The van der Waals surface area contributed by atoms with Crippen molar-refractivity contribution < 1.29 is 9.59 Å². The van der Waals surface area contributed by atoms with E-state index in [1.165, 1.54) is 11.1 Å². The second-order valence-corrected chi connectivity index (χ2v) is 4.59. The van der Waals surface area contributed by atoms with Gasteiger partial charge in [0.25, 0.3) is 0 Å². The summed E-state index contributed by atoms with van der Waals surface area (Å²) in [5.74, 6) is 0. The Kier molecular flexibility index (Phi) is 19.1. The Bertz CT molecular complexity index is 387. The molecule has 0 heterocycles. The van der Waals surface area contributed by atoms with Gasteiger partial charge >= 0.3 is 0 Å². The normalized spacial score (nSPS) is 8.91. The molecular weight excluding hydrogens is 276 g/mol. The Morgan fingerprint density at radius 3 is 2.09 bits per heavy atom. The van der Waals surface area contributed by atoms with E-state index in [1.807, 2.05) is 6.92 Å². The third kappa shape index (κ3) is 17.9. The van der Waals surface area contributed by atoms with Crippen molar-refractivity contribution in [3.8, 4) is 0 Å². The number of carbonyl (C=O) groups is 2. The van der Waals surface area contributed by atoms with E-state index < -0.39 is 0 Å². The molecule has 1 aromatic carbocycles. The van der Waals surface area contributed by atoms with Gasteiger partial charge in [-0.2, -0.15) is 0 Å². The zero-order valence-electron chi connectivity index (χ0n) is 14.3. The summed E-state index contributed by atoms with van der Waals surface area (Å²) in [6.45, 7) is 7.07. The third-order valence-electron chi connectivity index (χ3n) is 2.59. The molecule has 4 nitrogen and oxygen atoms in total. The fourth-order valence-corrected chi connectivity index (χ4v) is 1.32. The van der Waals surface area contributed by atoms with Crippen LogP contribution in [0.15, 0.2) is 36.4 Å². The number of allylic oxidation sites excluding steroid dienone is 2. The minimum Gasteiger partial charge on any atom is -0.362 e. The Labute approximate surface area is 135 Å². The highest BCUT2D eigenvalue weighted by molar-refractivity contribution is 5.45. The summed E-state index contributed by atoms with van der Waals surface area (Å²) in [7, 11) is 1.56. The van der Waals surface area contributed by atoms with Crippen molar-refractivity contribution in [2.45, 2.75) is 40.0 Å². The maximum absolute atomic E-state index is 9.57. The van der Waals surface area contributed by atoms with Crippen LogP contribution in [0.5, 0.6) is 0 Å². The molecule has 1 rings (SSSR count). The van der Waals surface area contributed by atoms with Crippen molar-refractivity contribution in [2.24, 2.45) is 0 Å². The number of rotatable bonds is 7. The lowest BCUT2D eigenvalue weighted by Crippen LogP contribution is -2.11. The van der Waals surface area contributed by atoms with Gasteiger partial charge in [0.2, 0.25) is 12.8 Å². The van der Waals surface area contributed by atoms with Crippen LogP contribution in [0, 0.1) is 6.92 Å². The highest BCUT2D eigenvalue weighted by Crippen LogP contribution is 2.03. The summed E-state index contributed by atoms with van der Waals surface area (Å²) in [4.78, 5) is 18.6. The van der Waals surface area contributed by atoms with E-state index in [2.05, 4.69) is 60.9 Å². The van der Waals surface area contributed by atoms with Gasteiger partial charge < -0.3 is 10.6 Å². The van der Waals surface area contributed by atoms with Crippen LogP contribution in [-0.4, -0.2) is 26.4 Å². The van der Waals surface area contributed by atoms with Gasteiger partial charge in [0.1, 0.15) is 0 Å². The zero-order chi connectivity index (χ0) is 17.1. The Balaban J connectivity index is 0. The standard InChI is InChI=1S/C11H14.C5H11NO.C2H5NO/c1-3-4-5-11-8-6-10(2)7-9-11;1-2-3-4-6-5-7;1-3-2-4/h3-4,6-9H,5H2,1-2H3;5H,2-4H2,1H3,(H,6,7);2H,1H3,(H,3,4)/b4-3-;;. The Hall–Kier alpha value is -2.10. The van der Waals surface area contributed by atoms with Crippen LogP contribution in [0.2, 0.25) is 0 Å². The van der Waals surface area contributed by atoms with E-state index in [0.29, 0.717) is 6.41 Å². The molecule has 124 valence electrons. The third-order valence-corrected chi connectivity index (χ3v) is 2.59. The highest BCUT2D eigenvalue weighted by atomic mass is 16.1. The Morgan fingerprint density at radius 1 is 1.09 bits per heavy atom. The molecule has 0 aliphatic rings. The maximum atomic E-state index is 9.57. The average molecular weight is 306 g/mol. The fraction of sp³-hybridized carbons (Fsp3) is 0.444. The second kappa shape index (κ2) is 18.9. The molecule has 0 aliphatic heterocycles. The number of aryl methyl sites for hydroxylation is 1. The van der Waals surface area contributed by atoms with Crippen molar-refractivity contribution in [1.29, 1.82) is 0 Å². The topological polar surface area (TPSA) is 58.2 Å². The lowest BCUT2D eigenvalue weighted by atomic mass is 10.1. The first-order chi connectivity index (χ1) is 10.7. The first-order valence-electron chi connectivity index (χ1n) is 7.60. The Morgan fingerprint density at radius 2 is 1.68 bits per heavy atom. The van der Waals surface area contributed by atoms with Crippen LogP contribution >= 0.6 is 0 Å². The molecule has 0 spiro atoms. The van der Waals surface area contributed by atoms with Gasteiger partial charge in [-0.15, -0.1) is 0 Å². The summed E-state index contributed by atoms with van der Waals surface area (Å²) in [5.41, 5.74) is 2.71. The minimum absolute atomic E-state index is 0.625. The van der Waals surface area contributed by atoms with Gasteiger partial charge in [0.15, 0.2) is 0 Å². The van der Waals surface area contributed by atoms with Crippen LogP contribution in [0.4, 0.5) is 0 Å². The number of unbranched alkanes of at least 4 members (excludes halogenated alkanes) is 1. The molecule has 22 heavy (non-hydrogen) atoms. The van der Waals surface area contributed by atoms with E-state index in [9.17, 15) is 4.79 Å². The SMILES string of the molecule is C/C=C\Cc1ccc(C)cc1.CCCCNC=O.CNC=O. The number of nitrogens with one attached hydrogen (secondary N) is 2.